The predicted octanol–water partition coefficient (Wildman–Crippen LogP) is 4.16. The molecule has 202 valence electrons. The Labute approximate surface area is 222 Å². The van der Waals surface area contributed by atoms with Gasteiger partial charge in [-0.1, -0.05) is 35.2 Å². The molecule has 0 unspecified atom stereocenters. The lowest BCUT2D eigenvalue weighted by Crippen LogP contribution is -2.38. The number of aliphatic carboxylic acids is 1. The van der Waals surface area contributed by atoms with Crippen molar-refractivity contribution in [2.45, 2.75) is 64.9 Å². The molecule has 8 nitrogen and oxygen atoms in total. The van der Waals surface area contributed by atoms with Crippen LogP contribution in [0.5, 0.6) is 5.75 Å². The maximum absolute atomic E-state index is 13.2. The van der Waals surface area contributed by atoms with E-state index in [-0.39, 0.29) is 37.1 Å². The Balaban J connectivity index is 1.67. The van der Waals surface area contributed by atoms with Crippen LogP contribution in [0, 0.1) is 17.8 Å². The average Bonchev–Trinajstić information content (AvgIpc) is 3.07. The van der Waals surface area contributed by atoms with Crippen LogP contribution in [0.4, 0.5) is 0 Å². The van der Waals surface area contributed by atoms with Crippen LogP contribution in [-0.2, 0) is 14.4 Å². The molecule has 1 aromatic carbocycles. The number of halogens is 1. The second-order valence-corrected chi connectivity index (χ2v) is 10.6. The number of hydrogen-bond acceptors (Lipinski definition) is 6. The summed E-state index contributed by atoms with van der Waals surface area (Å²) in [6.45, 7) is 3.67. The van der Waals surface area contributed by atoms with Gasteiger partial charge in [-0.2, -0.15) is 0 Å². The topological polar surface area (TPSA) is 135 Å². The first-order valence-electron chi connectivity index (χ1n) is 12.8. The van der Waals surface area contributed by atoms with Gasteiger partial charge in [-0.05, 0) is 75.3 Å². The molecule has 0 bridgehead atoms. The number of imide groups is 1. The van der Waals surface area contributed by atoms with Gasteiger partial charge in [0.15, 0.2) is 0 Å². The van der Waals surface area contributed by atoms with Crippen molar-refractivity contribution in [3.05, 3.63) is 45.5 Å². The number of amides is 2. The monoisotopic (exact) mass is 533 g/mol. The summed E-state index contributed by atoms with van der Waals surface area (Å²) in [6, 6.07) is 4.73. The van der Waals surface area contributed by atoms with E-state index in [1.807, 2.05) is 19.9 Å². The fourth-order valence-corrected chi connectivity index (χ4v) is 5.85. The third-order valence-electron chi connectivity index (χ3n) is 7.45. The van der Waals surface area contributed by atoms with Crippen molar-refractivity contribution in [2.75, 3.05) is 13.2 Å². The third-order valence-corrected chi connectivity index (χ3v) is 7.77. The van der Waals surface area contributed by atoms with Gasteiger partial charge in [-0.3, -0.25) is 19.3 Å². The number of carbonyl (C=O) groups is 3. The zero-order chi connectivity index (χ0) is 27.3. The van der Waals surface area contributed by atoms with Crippen molar-refractivity contribution in [3.8, 4) is 5.75 Å². The van der Waals surface area contributed by atoms with Gasteiger partial charge in [0.05, 0.1) is 29.6 Å². The Morgan fingerprint density at radius 2 is 1.92 bits per heavy atom. The second-order valence-electron chi connectivity index (χ2n) is 10.1. The van der Waals surface area contributed by atoms with E-state index in [0.29, 0.717) is 49.1 Å². The number of carboxylic acids is 1. The van der Waals surface area contributed by atoms with E-state index in [4.69, 9.17) is 16.7 Å². The Morgan fingerprint density at radius 1 is 1.19 bits per heavy atom. The van der Waals surface area contributed by atoms with Crippen LogP contribution in [0.15, 0.2) is 34.9 Å². The molecular weight excluding hydrogens is 498 g/mol. The van der Waals surface area contributed by atoms with Gasteiger partial charge in [-0.15, -0.1) is 0 Å². The number of fused-ring (bicyclic) bond motifs is 1. The first-order valence-corrected chi connectivity index (χ1v) is 13.1. The highest BCUT2D eigenvalue weighted by atomic mass is 35.5. The summed E-state index contributed by atoms with van der Waals surface area (Å²) in [7, 11) is 0. The van der Waals surface area contributed by atoms with E-state index in [2.05, 4.69) is 0 Å². The van der Waals surface area contributed by atoms with Crippen LogP contribution in [0.25, 0.3) is 6.08 Å². The van der Waals surface area contributed by atoms with Crippen molar-refractivity contribution < 1.29 is 34.8 Å². The fourth-order valence-electron chi connectivity index (χ4n) is 5.62. The molecule has 4 N–H and O–H groups in total. The van der Waals surface area contributed by atoms with Crippen LogP contribution < -0.4 is 0 Å². The minimum Gasteiger partial charge on any atom is -0.508 e. The molecule has 0 radical (unpaired) electrons. The lowest BCUT2D eigenvalue weighted by atomic mass is 9.68. The summed E-state index contributed by atoms with van der Waals surface area (Å²) in [4.78, 5) is 38.2. The summed E-state index contributed by atoms with van der Waals surface area (Å²) in [5, 5.41) is 40.1. The molecule has 1 aliphatic heterocycles. The Kier molecular flexibility index (Phi) is 9.93. The number of aliphatic hydroxyl groups is 2. The molecule has 1 saturated heterocycles. The highest BCUT2D eigenvalue weighted by Gasteiger charge is 2.54. The van der Waals surface area contributed by atoms with Gasteiger partial charge >= 0.3 is 5.97 Å². The van der Waals surface area contributed by atoms with Crippen molar-refractivity contribution in [3.63, 3.8) is 0 Å². The standard InChI is InChI=1S/C28H36ClNO7/c1-16(12-18-8-9-19(32)14-22(18)29)7-10-23(33)25-17(2)13-20-26(21(25)15-31)28(37)30(27(20)36)11-5-3-4-6-24(34)35/h8-9,12,14,20-21,23,26,31-33H,3-7,10-11,13,15H2,1-2H3,(H,34,35)/b16-12+/t20-,21+,23-,26-/m1/s1. The summed E-state index contributed by atoms with van der Waals surface area (Å²) in [6.07, 6.45) is 4.00. The van der Waals surface area contributed by atoms with Crippen molar-refractivity contribution in [2.24, 2.45) is 17.8 Å². The van der Waals surface area contributed by atoms with Crippen LogP contribution in [0.3, 0.4) is 0 Å². The van der Waals surface area contributed by atoms with Gasteiger partial charge in [0.25, 0.3) is 0 Å². The minimum atomic E-state index is -0.871. The number of aromatic hydroxyl groups is 1. The quantitative estimate of drug-likeness (QED) is 0.180. The van der Waals surface area contributed by atoms with E-state index in [1.54, 1.807) is 12.1 Å². The summed E-state index contributed by atoms with van der Waals surface area (Å²) < 4.78 is 0. The molecule has 1 fully saturated rings. The highest BCUT2D eigenvalue weighted by molar-refractivity contribution is 6.32. The molecule has 9 heteroatoms. The molecule has 1 aliphatic carbocycles. The lowest BCUT2D eigenvalue weighted by molar-refractivity contribution is -0.141. The molecule has 1 heterocycles. The summed E-state index contributed by atoms with van der Waals surface area (Å²) in [5.74, 6) is -3.22. The van der Waals surface area contributed by atoms with Crippen LogP contribution >= 0.6 is 11.6 Å². The first kappa shape index (κ1) is 28.9. The number of likely N-dealkylation sites (tertiary alicyclic amines) is 1. The van der Waals surface area contributed by atoms with Crippen LogP contribution in [-0.4, -0.2) is 62.4 Å². The van der Waals surface area contributed by atoms with E-state index in [1.165, 1.54) is 11.0 Å². The number of hydrogen-bond donors (Lipinski definition) is 4. The first-order chi connectivity index (χ1) is 17.5. The molecule has 2 aliphatic rings. The summed E-state index contributed by atoms with van der Waals surface area (Å²) >= 11 is 6.19. The van der Waals surface area contributed by atoms with Crippen molar-refractivity contribution >= 4 is 35.5 Å². The highest BCUT2D eigenvalue weighted by Crippen LogP contribution is 2.46. The largest absolute Gasteiger partial charge is 0.508 e. The Morgan fingerprint density at radius 3 is 2.57 bits per heavy atom. The number of nitrogens with zero attached hydrogens (tertiary/aromatic N) is 1. The third kappa shape index (κ3) is 6.80. The van der Waals surface area contributed by atoms with Gasteiger partial charge in [-0.25, -0.2) is 0 Å². The number of carbonyl (C=O) groups excluding carboxylic acids is 2. The number of rotatable bonds is 12. The maximum atomic E-state index is 13.2. The lowest BCUT2D eigenvalue weighted by Gasteiger charge is -2.35. The van der Waals surface area contributed by atoms with Crippen LogP contribution in [0.2, 0.25) is 5.02 Å². The van der Waals surface area contributed by atoms with Gasteiger partial charge in [0, 0.05) is 18.9 Å². The molecule has 3 rings (SSSR count). The smallest absolute Gasteiger partial charge is 0.303 e. The normalized spacial score (nSPS) is 23.0. The SMILES string of the molecule is CC1=C([C@H](O)CC/C(C)=C/c2ccc(O)cc2Cl)[C@H](CO)[C@@H]2C(=O)N(CCCCCC(=O)O)C(=O)[C@@H]2C1. The number of allylic oxidation sites excluding steroid dienone is 2. The van der Waals surface area contributed by atoms with Gasteiger partial charge in [0.1, 0.15) is 5.75 Å². The zero-order valence-electron chi connectivity index (χ0n) is 21.3. The maximum Gasteiger partial charge on any atom is 0.303 e. The second kappa shape index (κ2) is 12.7. The van der Waals surface area contributed by atoms with Gasteiger partial charge in [0.2, 0.25) is 11.8 Å². The van der Waals surface area contributed by atoms with Gasteiger partial charge < -0.3 is 20.4 Å². The van der Waals surface area contributed by atoms with Crippen molar-refractivity contribution in [1.82, 2.24) is 4.90 Å². The fraction of sp³-hybridized carbons (Fsp3) is 0.536. The number of aliphatic hydroxyl groups excluding tert-OH is 2. The van der Waals surface area contributed by atoms with E-state index < -0.39 is 29.8 Å². The number of carboxylic acid groups (broad SMARTS) is 1. The van der Waals surface area contributed by atoms with E-state index >= 15 is 0 Å². The number of phenolic OH excluding ortho intramolecular Hbond substituents is 1. The molecule has 37 heavy (non-hydrogen) atoms. The molecule has 0 spiro atoms. The van der Waals surface area contributed by atoms with Crippen LogP contribution in [0.1, 0.15) is 64.4 Å². The molecule has 2 amide bonds. The number of phenols is 1. The minimum absolute atomic E-state index is 0.0563. The van der Waals surface area contributed by atoms with Crippen molar-refractivity contribution in [1.29, 1.82) is 0 Å². The summed E-state index contributed by atoms with van der Waals surface area (Å²) in [5.41, 5.74) is 3.21. The van der Waals surface area contributed by atoms with E-state index in [9.17, 15) is 29.7 Å². The average molecular weight is 534 g/mol. The Hall–Kier alpha value is -2.68. The Bertz CT molecular complexity index is 1100. The molecule has 1 aromatic rings. The molecular formula is C28H36ClNO7. The number of benzene rings is 1. The predicted molar refractivity (Wildman–Crippen MR) is 140 cm³/mol. The number of unbranched alkanes of at least 4 members (excludes halogenated alkanes) is 2. The molecule has 4 atom stereocenters. The zero-order valence-corrected chi connectivity index (χ0v) is 22.1. The molecule has 0 saturated carbocycles. The molecule has 0 aromatic heterocycles. The van der Waals surface area contributed by atoms with E-state index in [0.717, 1.165) is 16.7 Å².